The second-order valence-corrected chi connectivity index (χ2v) is 8.38. The summed E-state index contributed by atoms with van der Waals surface area (Å²) in [7, 11) is -2.97. The maximum atomic E-state index is 12.0. The minimum Gasteiger partial charge on any atom is -0.353 e. The van der Waals surface area contributed by atoms with Gasteiger partial charge in [-0.25, -0.2) is 8.42 Å². The molecule has 0 aromatic heterocycles. The minimum atomic E-state index is -2.97. The molecule has 2 heterocycles. The van der Waals surface area contributed by atoms with E-state index in [4.69, 9.17) is 0 Å². The minimum absolute atomic E-state index is 0.0291. The highest BCUT2D eigenvalue weighted by Gasteiger charge is 2.27. The molecule has 21 heavy (non-hydrogen) atoms. The van der Waals surface area contributed by atoms with Gasteiger partial charge in [0.05, 0.1) is 11.5 Å². The van der Waals surface area contributed by atoms with Crippen molar-refractivity contribution in [1.29, 1.82) is 0 Å². The first-order chi connectivity index (χ1) is 9.98. The number of rotatable bonds is 5. The van der Waals surface area contributed by atoms with Crippen LogP contribution in [0.25, 0.3) is 0 Å². The van der Waals surface area contributed by atoms with E-state index in [1.165, 1.54) is 6.42 Å². The Morgan fingerprint density at radius 3 is 2.67 bits per heavy atom. The summed E-state index contributed by atoms with van der Waals surface area (Å²) in [5.74, 6) is 0.231. The fourth-order valence-corrected chi connectivity index (χ4v) is 4.57. The molecule has 0 bridgehead atoms. The van der Waals surface area contributed by atoms with Crippen molar-refractivity contribution in [3.05, 3.63) is 0 Å². The Kier molecular flexibility index (Phi) is 6.01. The molecule has 7 heteroatoms. The van der Waals surface area contributed by atoms with Crippen LogP contribution in [0.3, 0.4) is 0 Å². The molecule has 122 valence electrons. The average molecular weight is 317 g/mol. The van der Waals surface area contributed by atoms with Gasteiger partial charge in [0.25, 0.3) is 0 Å². The molecule has 2 aliphatic rings. The van der Waals surface area contributed by atoms with Gasteiger partial charge in [-0.1, -0.05) is 6.92 Å². The van der Waals surface area contributed by atoms with E-state index in [2.05, 4.69) is 22.5 Å². The molecule has 2 rings (SSSR count). The molecule has 1 amide bonds. The third-order valence-electron chi connectivity index (χ3n) is 4.23. The molecular formula is C14H27N3O3S. The summed E-state index contributed by atoms with van der Waals surface area (Å²) in [6.07, 6.45) is 3.40. The number of amides is 1. The third kappa shape index (κ3) is 5.56. The summed E-state index contributed by atoms with van der Waals surface area (Å²) in [5.41, 5.74) is 0. The van der Waals surface area contributed by atoms with E-state index in [1.807, 2.05) is 0 Å². The molecule has 6 nitrogen and oxygen atoms in total. The molecule has 0 aromatic carbocycles. The summed E-state index contributed by atoms with van der Waals surface area (Å²) in [5, 5.41) is 6.17. The van der Waals surface area contributed by atoms with Crippen LogP contribution in [0, 0.1) is 0 Å². The van der Waals surface area contributed by atoms with Gasteiger partial charge in [0.1, 0.15) is 0 Å². The van der Waals surface area contributed by atoms with Gasteiger partial charge in [-0.3, -0.25) is 4.79 Å². The highest BCUT2D eigenvalue weighted by atomic mass is 32.2. The van der Waals surface area contributed by atoms with Crippen LogP contribution in [0.5, 0.6) is 0 Å². The fraction of sp³-hybridized carbons (Fsp3) is 0.929. The molecule has 0 radical (unpaired) electrons. The van der Waals surface area contributed by atoms with E-state index in [9.17, 15) is 13.2 Å². The van der Waals surface area contributed by atoms with Gasteiger partial charge in [0.2, 0.25) is 5.91 Å². The number of nitrogens with zero attached hydrogens (tertiary/aromatic N) is 1. The maximum absolute atomic E-state index is 12.0. The van der Waals surface area contributed by atoms with Crippen LogP contribution in [-0.2, 0) is 14.6 Å². The number of nitrogens with one attached hydrogen (secondary N) is 2. The standard InChI is InChI=1S/C14H27N3O3S/c1-2-6-17-7-3-12(4-8-17)16-14(18)10-13-11-21(19,20)9-5-15-13/h12-13,15H,2-11H2,1H3,(H,16,18). The van der Waals surface area contributed by atoms with Gasteiger partial charge in [-0.2, -0.15) is 0 Å². The summed E-state index contributed by atoms with van der Waals surface area (Å²) in [4.78, 5) is 14.5. The fourth-order valence-electron chi connectivity index (χ4n) is 3.13. The summed E-state index contributed by atoms with van der Waals surface area (Å²) in [6, 6.07) is 0.00901. The van der Waals surface area contributed by atoms with Crippen LogP contribution in [-0.4, -0.2) is 69.0 Å². The van der Waals surface area contributed by atoms with Crippen LogP contribution in [0.15, 0.2) is 0 Å². The number of sulfone groups is 1. The molecule has 0 aromatic rings. The van der Waals surface area contributed by atoms with Crippen molar-refractivity contribution in [2.45, 2.75) is 44.7 Å². The Morgan fingerprint density at radius 1 is 1.33 bits per heavy atom. The van der Waals surface area contributed by atoms with Gasteiger partial charge in [-0.05, 0) is 25.8 Å². The van der Waals surface area contributed by atoms with E-state index in [1.54, 1.807) is 0 Å². The van der Waals surface area contributed by atoms with Gasteiger partial charge in [-0.15, -0.1) is 0 Å². The predicted octanol–water partition coefficient (Wildman–Crippen LogP) is -0.246. The zero-order valence-corrected chi connectivity index (χ0v) is 13.6. The number of carbonyl (C=O) groups is 1. The first kappa shape index (κ1) is 16.7. The van der Waals surface area contributed by atoms with E-state index in [-0.39, 0.29) is 35.9 Å². The smallest absolute Gasteiger partial charge is 0.221 e. The number of hydrogen-bond donors (Lipinski definition) is 2. The largest absolute Gasteiger partial charge is 0.353 e. The molecular weight excluding hydrogens is 290 g/mol. The predicted molar refractivity (Wildman–Crippen MR) is 83.0 cm³/mol. The van der Waals surface area contributed by atoms with Crippen LogP contribution in [0.2, 0.25) is 0 Å². The lowest BCUT2D eigenvalue weighted by Crippen LogP contribution is -2.49. The van der Waals surface area contributed by atoms with Crippen molar-refractivity contribution in [2.75, 3.05) is 37.7 Å². The van der Waals surface area contributed by atoms with E-state index in [0.717, 1.165) is 32.5 Å². The quantitative estimate of drug-likeness (QED) is 0.731. The van der Waals surface area contributed by atoms with Crippen molar-refractivity contribution >= 4 is 15.7 Å². The van der Waals surface area contributed by atoms with Crippen molar-refractivity contribution in [2.24, 2.45) is 0 Å². The summed E-state index contributed by atoms with van der Waals surface area (Å²) in [6.45, 7) is 5.84. The number of piperidine rings is 1. The molecule has 2 N–H and O–H groups in total. The molecule has 0 spiro atoms. The Balaban J connectivity index is 1.70. The van der Waals surface area contributed by atoms with Gasteiger partial charge in [0.15, 0.2) is 9.84 Å². The lowest BCUT2D eigenvalue weighted by atomic mass is 10.0. The zero-order chi connectivity index (χ0) is 15.3. The molecule has 2 fully saturated rings. The first-order valence-electron chi connectivity index (χ1n) is 7.94. The molecule has 1 unspecified atom stereocenters. The molecule has 1 atom stereocenters. The van der Waals surface area contributed by atoms with Gasteiger partial charge < -0.3 is 15.5 Å². The second-order valence-electron chi connectivity index (χ2n) is 6.15. The zero-order valence-electron chi connectivity index (χ0n) is 12.8. The van der Waals surface area contributed by atoms with Crippen molar-refractivity contribution in [3.8, 4) is 0 Å². The highest BCUT2D eigenvalue weighted by Crippen LogP contribution is 2.11. The molecule has 0 aliphatic carbocycles. The maximum Gasteiger partial charge on any atom is 0.221 e. The van der Waals surface area contributed by atoms with Crippen LogP contribution in [0.4, 0.5) is 0 Å². The van der Waals surface area contributed by atoms with Crippen LogP contribution in [0.1, 0.15) is 32.6 Å². The van der Waals surface area contributed by atoms with E-state index < -0.39 is 9.84 Å². The Labute approximate surface area is 127 Å². The number of likely N-dealkylation sites (tertiary alicyclic amines) is 1. The lowest BCUT2D eigenvalue weighted by molar-refractivity contribution is -0.122. The van der Waals surface area contributed by atoms with Crippen LogP contribution >= 0.6 is 0 Å². The summed E-state index contributed by atoms with van der Waals surface area (Å²) < 4.78 is 23.1. The molecule has 2 saturated heterocycles. The highest BCUT2D eigenvalue weighted by molar-refractivity contribution is 7.91. The second kappa shape index (κ2) is 7.56. The van der Waals surface area contributed by atoms with E-state index >= 15 is 0 Å². The summed E-state index contributed by atoms with van der Waals surface area (Å²) >= 11 is 0. The Hall–Kier alpha value is -0.660. The van der Waals surface area contributed by atoms with E-state index in [0.29, 0.717) is 6.54 Å². The normalized spacial score (nSPS) is 27.4. The average Bonchev–Trinajstić information content (AvgIpc) is 2.40. The number of carbonyl (C=O) groups excluding carboxylic acids is 1. The van der Waals surface area contributed by atoms with Crippen molar-refractivity contribution in [1.82, 2.24) is 15.5 Å². The third-order valence-corrected chi connectivity index (χ3v) is 5.96. The van der Waals surface area contributed by atoms with Gasteiger partial charge >= 0.3 is 0 Å². The van der Waals surface area contributed by atoms with Crippen LogP contribution < -0.4 is 10.6 Å². The van der Waals surface area contributed by atoms with Crippen molar-refractivity contribution in [3.63, 3.8) is 0 Å². The first-order valence-corrected chi connectivity index (χ1v) is 9.76. The Bertz CT molecular complexity index is 444. The van der Waals surface area contributed by atoms with Crippen molar-refractivity contribution < 1.29 is 13.2 Å². The van der Waals surface area contributed by atoms with Gasteiger partial charge in [0, 0.05) is 38.1 Å². The molecule has 0 saturated carbocycles. The topological polar surface area (TPSA) is 78.5 Å². The number of hydrogen-bond acceptors (Lipinski definition) is 5. The lowest BCUT2D eigenvalue weighted by Gasteiger charge is -2.32. The SMILES string of the molecule is CCCN1CCC(NC(=O)CC2CS(=O)(=O)CCN2)CC1. The monoisotopic (exact) mass is 317 g/mol. The Morgan fingerprint density at radius 2 is 2.05 bits per heavy atom. The molecule has 2 aliphatic heterocycles.